The monoisotopic (exact) mass is 275 g/mol. The number of hydrogen-bond acceptors (Lipinski definition) is 4. The molecule has 0 spiro atoms. The van der Waals surface area contributed by atoms with Crippen LogP contribution in [0.5, 0.6) is 0 Å². The van der Waals surface area contributed by atoms with E-state index in [1.54, 1.807) is 17.5 Å². The molecule has 0 saturated heterocycles. The van der Waals surface area contributed by atoms with Crippen molar-refractivity contribution >= 4 is 21.2 Å². The van der Waals surface area contributed by atoms with E-state index in [-0.39, 0.29) is 17.2 Å². The molecule has 0 aliphatic rings. The first kappa shape index (κ1) is 14.7. The van der Waals surface area contributed by atoms with Crippen LogP contribution in [0.15, 0.2) is 21.7 Å². The SMILES string of the molecule is CCNC(CS(=O)(=O)c1cccs1)C(C)(C)C. The largest absolute Gasteiger partial charge is 0.313 e. The van der Waals surface area contributed by atoms with Crippen molar-refractivity contribution < 1.29 is 8.42 Å². The molecular weight excluding hydrogens is 254 g/mol. The van der Waals surface area contributed by atoms with Crippen molar-refractivity contribution in [2.75, 3.05) is 12.3 Å². The van der Waals surface area contributed by atoms with Gasteiger partial charge >= 0.3 is 0 Å². The van der Waals surface area contributed by atoms with Gasteiger partial charge in [0.05, 0.1) is 5.75 Å². The second-order valence-corrected chi connectivity index (χ2v) is 8.40. The molecule has 0 bridgehead atoms. The number of hydrogen-bond donors (Lipinski definition) is 1. The quantitative estimate of drug-likeness (QED) is 0.898. The number of sulfone groups is 1. The Morgan fingerprint density at radius 2 is 2.06 bits per heavy atom. The smallest absolute Gasteiger partial charge is 0.189 e. The van der Waals surface area contributed by atoms with Crippen LogP contribution in [-0.4, -0.2) is 26.8 Å². The Hall–Kier alpha value is -0.390. The standard InChI is InChI=1S/C12H21NO2S2/c1-5-13-10(12(2,3)4)9-17(14,15)11-7-6-8-16-11/h6-8,10,13H,5,9H2,1-4H3. The molecule has 3 nitrogen and oxygen atoms in total. The van der Waals surface area contributed by atoms with Gasteiger partial charge in [-0.1, -0.05) is 33.8 Å². The van der Waals surface area contributed by atoms with Crippen LogP contribution in [0.3, 0.4) is 0 Å². The van der Waals surface area contributed by atoms with Gasteiger partial charge in [0, 0.05) is 6.04 Å². The van der Waals surface area contributed by atoms with Crippen LogP contribution in [0.25, 0.3) is 0 Å². The van der Waals surface area contributed by atoms with Crippen molar-refractivity contribution in [1.29, 1.82) is 0 Å². The van der Waals surface area contributed by atoms with Crippen LogP contribution in [0.4, 0.5) is 0 Å². The van der Waals surface area contributed by atoms with Gasteiger partial charge in [0.15, 0.2) is 9.84 Å². The van der Waals surface area contributed by atoms with E-state index < -0.39 is 9.84 Å². The van der Waals surface area contributed by atoms with Crippen molar-refractivity contribution in [2.24, 2.45) is 5.41 Å². The first-order chi connectivity index (χ1) is 7.77. The molecule has 1 N–H and O–H groups in total. The molecule has 1 heterocycles. The zero-order valence-corrected chi connectivity index (χ0v) is 12.5. The first-order valence-corrected chi connectivity index (χ1v) is 8.30. The average molecular weight is 275 g/mol. The van der Waals surface area contributed by atoms with Gasteiger partial charge < -0.3 is 5.32 Å². The molecule has 1 aromatic heterocycles. The fourth-order valence-electron chi connectivity index (χ4n) is 1.60. The van der Waals surface area contributed by atoms with Gasteiger partial charge in [0.1, 0.15) is 4.21 Å². The Morgan fingerprint density at radius 1 is 1.41 bits per heavy atom. The van der Waals surface area contributed by atoms with E-state index >= 15 is 0 Å². The Labute approximate surface area is 108 Å². The van der Waals surface area contributed by atoms with E-state index in [0.717, 1.165) is 6.54 Å². The lowest BCUT2D eigenvalue weighted by Gasteiger charge is -2.31. The molecule has 0 radical (unpaired) electrons. The Balaban J connectivity index is 2.88. The molecule has 0 fully saturated rings. The van der Waals surface area contributed by atoms with Crippen molar-refractivity contribution in [2.45, 2.75) is 37.9 Å². The van der Waals surface area contributed by atoms with Crippen LogP contribution in [0, 0.1) is 5.41 Å². The van der Waals surface area contributed by atoms with Crippen LogP contribution in [0.1, 0.15) is 27.7 Å². The Bertz CT molecular complexity index is 430. The summed E-state index contributed by atoms with van der Waals surface area (Å²) < 4.78 is 24.9. The number of nitrogens with one attached hydrogen (secondary N) is 1. The summed E-state index contributed by atoms with van der Waals surface area (Å²) in [5, 5.41) is 5.06. The van der Waals surface area contributed by atoms with E-state index in [1.807, 2.05) is 6.92 Å². The molecule has 1 unspecified atom stereocenters. The van der Waals surface area contributed by atoms with Crippen molar-refractivity contribution in [1.82, 2.24) is 5.32 Å². The van der Waals surface area contributed by atoms with Gasteiger partial charge in [0.25, 0.3) is 0 Å². The maximum atomic E-state index is 12.2. The minimum Gasteiger partial charge on any atom is -0.313 e. The first-order valence-electron chi connectivity index (χ1n) is 5.77. The molecule has 0 aliphatic carbocycles. The Kier molecular flexibility index (Phi) is 4.75. The summed E-state index contributed by atoms with van der Waals surface area (Å²) in [5.41, 5.74) is -0.0691. The second-order valence-electron chi connectivity index (χ2n) is 5.19. The lowest BCUT2D eigenvalue weighted by molar-refractivity contribution is 0.292. The fourth-order valence-corrected chi connectivity index (χ4v) is 4.52. The molecule has 0 saturated carbocycles. The highest BCUT2D eigenvalue weighted by atomic mass is 32.2. The van der Waals surface area contributed by atoms with Gasteiger partial charge in [0.2, 0.25) is 0 Å². The molecule has 1 rings (SSSR count). The molecule has 0 amide bonds. The zero-order valence-electron chi connectivity index (χ0n) is 10.9. The van der Waals surface area contributed by atoms with E-state index in [0.29, 0.717) is 4.21 Å². The van der Waals surface area contributed by atoms with Crippen LogP contribution < -0.4 is 5.32 Å². The third kappa shape index (κ3) is 4.08. The predicted octanol–water partition coefficient (Wildman–Crippen LogP) is 2.55. The maximum absolute atomic E-state index is 12.2. The fraction of sp³-hybridized carbons (Fsp3) is 0.667. The summed E-state index contributed by atoms with van der Waals surface area (Å²) in [7, 11) is -3.17. The second kappa shape index (κ2) is 5.50. The summed E-state index contributed by atoms with van der Waals surface area (Å²) in [6.07, 6.45) is 0. The van der Waals surface area contributed by atoms with Gasteiger partial charge in [-0.15, -0.1) is 11.3 Å². The zero-order chi connectivity index (χ0) is 13.1. The van der Waals surface area contributed by atoms with Crippen molar-refractivity contribution in [3.8, 4) is 0 Å². The van der Waals surface area contributed by atoms with E-state index in [9.17, 15) is 8.42 Å². The summed E-state index contributed by atoms with van der Waals surface area (Å²) >= 11 is 1.28. The van der Waals surface area contributed by atoms with Crippen LogP contribution in [-0.2, 0) is 9.84 Å². The molecule has 98 valence electrons. The highest BCUT2D eigenvalue weighted by Gasteiger charge is 2.30. The molecule has 17 heavy (non-hydrogen) atoms. The number of rotatable bonds is 5. The molecule has 5 heteroatoms. The van der Waals surface area contributed by atoms with Crippen LogP contribution in [0.2, 0.25) is 0 Å². The summed E-state index contributed by atoms with van der Waals surface area (Å²) in [5.74, 6) is 0.158. The molecule has 1 atom stereocenters. The summed E-state index contributed by atoms with van der Waals surface area (Å²) in [6.45, 7) is 8.96. The third-order valence-electron chi connectivity index (χ3n) is 2.68. The summed E-state index contributed by atoms with van der Waals surface area (Å²) in [4.78, 5) is 0. The third-order valence-corrected chi connectivity index (χ3v) is 5.92. The molecular formula is C12H21NO2S2. The van der Waals surface area contributed by atoms with Gasteiger partial charge in [-0.25, -0.2) is 8.42 Å². The average Bonchev–Trinajstić information content (AvgIpc) is 2.68. The normalized spacial score (nSPS) is 14.8. The van der Waals surface area contributed by atoms with E-state index in [1.165, 1.54) is 11.3 Å². The van der Waals surface area contributed by atoms with Crippen LogP contribution >= 0.6 is 11.3 Å². The topological polar surface area (TPSA) is 46.2 Å². The highest BCUT2D eigenvalue weighted by molar-refractivity contribution is 7.93. The van der Waals surface area contributed by atoms with E-state index in [2.05, 4.69) is 26.1 Å². The molecule has 0 aromatic carbocycles. The lowest BCUT2D eigenvalue weighted by atomic mass is 9.88. The van der Waals surface area contributed by atoms with E-state index in [4.69, 9.17) is 0 Å². The minimum atomic E-state index is -3.17. The predicted molar refractivity (Wildman–Crippen MR) is 73.3 cm³/mol. The van der Waals surface area contributed by atoms with Gasteiger partial charge in [-0.2, -0.15) is 0 Å². The van der Waals surface area contributed by atoms with Gasteiger partial charge in [-0.3, -0.25) is 0 Å². The van der Waals surface area contributed by atoms with Crippen molar-refractivity contribution in [3.63, 3.8) is 0 Å². The Morgan fingerprint density at radius 3 is 2.47 bits per heavy atom. The van der Waals surface area contributed by atoms with Crippen molar-refractivity contribution in [3.05, 3.63) is 17.5 Å². The molecule has 0 aliphatic heterocycles. The lowest BCUT2D eigenvalue weighted by Crippen LogP contribution is -2.45. The number of thiophene rings is 1. The molecule has 1 aromatic rings. The highest BCUT2D eigenvalue weighted by Crippen LogP contribution is 2.25. The maximum Gasteiger partial charge on any atom is 0.189 e. The summed E-state index contributed by atoms with van der Waals surface area (Å²) in [6, 6.07) is 3.42. The van der Waals surface area contributed by atoms with Gasteiger partial charge in [-0.05, 0) is 23.4 Å². The minimum absolute atomic E-state index is 0.0281.